The SMILES string of the molecule is O=C(O)c1ccc(-c2c3nc(c(-c4ccc(C(=O)O)cc4)c4ccc([nH]4)c(-c4ccc(C(=O)O)cc4)c4nc(c(-c5ccncc5)c5ccc2[nH]5)C=C4)C=C3)cc1. The number of pyridine rings is 1. The zero-order chi connectivity index (χ0) is 39.2. The number of hydrogen-bond acceptors (Lipinski definition) is 6. The average Bonchev–Trinajstić information content (AvgIpc) is 4.07. The smallest absolute Gasteiger partial charge is 0.335 e. The van der Waals surface area contributed by atoms with Crippen LogP contribution in [0.4, 0.5) is 0 Å². The van der Waals surface area contributed by atoms with Crippen LogP contribution in [0.1, 0.15) is 53.8 Å². The molecule has 0 aliphatic carbocycles. The first kappa shape index (κ1) is 34.6. The normalized spacial score (nSPS) is 11.8. The van der Waals surface area contributed by atoms with Gasteiger partial charge in [0.1, 0.15) is 0 Å². The van der Waals surface area contributed by atoms with Crippen molar-refractivity contribution in [2.75, 3.05) is 0 Å². The second kappa shape index (κ2) is 13.9. The van der Waals surface area contributed by atoms with Crippen LogP contribution in [0.25, 0.3) is 90.9 Å². The van der Waals surface area contributed by atoms with Gasteiger partial charge in [-0.2, -0.15) is 0 Å². The molecule has 2 aliphatic heterocycles. The highest BCUT2D eigenvalue weighted by molar-refractivity contribution is 6.01. The van der Waals surface area contributed by atoms with E-state index in [4.69, 9.17) is 9.97 Å². The van der Waals surface area contributed by atoms with Crippen molar-refractivity contribution in [3.05, 3.63) is 161 Å². The van der Waals surface area contributed by atoms with Crippen molar-refractivity contribution in [3.8, 4) is 44.5 Å². The van der Waals surface area contributed by atoms with E-state index in [0.717, 1.165) is 44.4 Å². The number of hydrogen-bond donors (Lipinski definition) is 5. The molecular weight excluding hydrogens is 719 g/mol. The maximum absolute atomic E-state index is 11.8. The molecule has 0 radical (unpaired) electrons. The molecule has 57 heavy (non-hydrogen) atoms. The Bertz CT molecular complexity index is 2960. The van der Waals surface area contributed by atoms with Crippen LogP contribution in [0.15, 0.2) is 122 Å². The number of nitrogens with zero attached hydrogens (tertiary/aromatic N) is 3. The Balaban J connectivity index is 1.44. The number of aromatic nitrogens is 5. The molecule has 274 valence electrons. The molecular formula is C46H29N5O6. The van der Waals surface area contributed by atoms with E-state index in [0.29, 0.717) is 44.9 Å². The molecule has 5 N–H and O–H groups in total. The summed E-state index contributed by atoms with van der Waals surface area (Å²) in [4.78, 5) is 57.3. The first-order valence-electron chi connectivity index (χ1n) is 17.8. The third kappa shape index (κ3) is 6.34. The third-order valence-corrected chi connectivity index (χ3v) is 9.98. The summed E-state index contributed by atoms with van der Waals surface area (Å²) in [6.45, 7) is 0. The van der Waals surface area contributed by atoms with Gasteiger partial charge in [-0.1, -0.05) is 36.4 Å². The molecule has 3 aromatic carbocycles. The molecule has 9 rings (SSSR count). The lowest BCUT2D eigenvalue weighted by Crippen LogP contribution is -1.96. The number of aromatic carboxylic acids is 3. The first-order valence-corrected chi connectivity index (χ1v) is 17.8. The molecule has 0 spiro atoms. The van der Waals surface area contributed by atoms with Gasteiger partial charge >= 0.3 is 17.9 Å². The molecule has 8 bridgehead atoms. The molecule has 11 nitrogen and oxygen atoms in total. The lowest BCUT2D eigenvalue weighted by atomic mass is 10.0. The van der Waals surface area contributed by atoms with E-state index in [1.165, 1.54) is 0 Å². The molecule has 0 fully saturated rings. The van der Waals surface area contributed by atoms with Crippen molar-refractivity contribution in [2.45, 2.75) is 0 Å². The van der Waals surface area contributed by atoms with Crippen molar-refractivity contribution in [2.24, 2.45) is 0 Å². The summed E-state index contributed by atoms with van der Waals surface area (Å²) in [7, 11) is 0. The van der Waals surface area contributed by atoms with Gasteiger partial charge in [-0.3, -0.25) is 4.98 Å². The lowest BCUT2D eigenvalue weighted by molar-refractivity contribution is 0.0686. The topological polar surface area (TPSA) is 182 Å². The minimum Gasteiger partial charge on any atom is -0.478 e. The number of carbonyl (C=O) groups is 3. The first-order chi connectivity index (χ1) is 27.7. The fourth-order valence-electron chi connectivity index (χ4n) is 7.28. The van der Waals surface area contributed by atoms with Crippen molar-refractivity contribution >= 4 is 64.3 Å². The molecule has 4 aromatic heterocycles. The Hall–Kier alpha value is -8.18. The number of carboxylic acid groups (broad SMARTS) is 3. The van der Waals surface area contributed by atoms with Gasteiger partial charge < -0.3 is 25.3 Å². The van der Waals surface area contributed by atoms with Crippen molar-refractivity contribution in [3.63, 3.8) is 0 Å². The number of aromatic amines is 2. The van der Waals surface area contributed by atoms with Gasteiger partial charge in [0.2, 0.25) is 0 Å². The minimum atomic E-state index is -1.04. The van der Waals surface area contributed by atoms with Crippen LogP contribution in [-0.2, 0) is 0 Å². The number of benzene rings is 3. The predicted molar refractivity (Wildman–Crippen MR) is 219 cm³/mol. The quantitative estimate of drug-likeness (QED) is 0.106. The maximum atomic E-state index is 11.8. The molecule has 0 unspecified atom stereocenters. The summed E-state index contributed by atoms with van der Waals surface area (Å²) in [5.74, 6) is -3.11. The summed E-state index contributed by atoms with van der Waals surface area (Å²) in [5, 5.41) is 29.0. The summed E-state index contributed by atoms with van der Waals surface area (Å²) in [5.41, 5.74) is 11.9. The number of nitrogens with one attached hydrogen (secondary N) is 2. The van der Waals surface area contributed by atoms with E-state index in [2.05, 4.69) is 15.0 Å². The summed E-state index contributed by atoms with van der Waals surface area (Å²) < 4.78 is 0. The van der Waals surface area contributed by atoms with Gasteiger partial charge in [0.05, 0.1) is 39.5 Å². The van der Waals surface area contributed by atoms with Crippen LogP contribution in [0.5, 0.6) is 0 Å². The highest BCUT2D eigenvalue weighted by atomic mass is 16.4. The molecule has 0 amide bonds. The molecule has 11 heteroatoms. The van der Waals surface area contributed by atoms with Gasteiger partial charge in [0.15, 0.2) is 0 Å². The zero-order valence-electron chi connectivity index (χ0n) is 29.8. The minimum absolute atomic E-state index is 0.139. The molecule has 0 atom stereocenters. The highest BCUT2D eigenvalue weighted by Gasteiger charge is 2.20. The summed E-state index contributed by atoms with van der Waals surface area (Å²) in [6.07, 6.45) is 11.1. The van der Waals surface area contributed by atoms with Gasteiger partial charge in [-0.15, -0.1) is 0 Å². The van der Waals surface area contributed by atoms with Crippen LogP contribution >= 0.6 is 0 Å². The van der Waals surface area contributed by atoms with E-state index >= 15 is 0 Å². The Labute approximate surface area is 323 Å². The Morgan fingerprint density at radius 3 is 0.895 bits per heavy atom. The number of H-pyrrole nitrogens is 2. The highest BCUT2D eigenvalue weighted by Crippen LogP contribution is 2.38. The number of fused-ring (bicyclic) bond motifs is 8. The van der Waals surface area contributed by atoms with Gasteiger partial charge in [-0.25, -0.2) is 24.4 Å². The molecule has 0 saturated carbocycles. The monoisotopic (exact) mass is 747 g/mol. The predicted octanol–water partition coefficient (Wildman–Crippen LogP) is 9.81. The largest absolute Gasteiger partial charge is 0.478 e. The second-order valence-electron chi connectivity index (χ2n) is 13.4. The van der Waals surface area contributed by atoms with E-state index < -0.39 is 17.9 Å². The van der Waals surface area contributed by atoms with Gasteiger partial charge in [0.25, 0.3) is 0 Å². The average molecular weight is 748 g/mol. The Morgan fingerprint density at radius 1 is 0.368 bits per heavy atom. The van der Waals surface area contributed by atoms with Crippen molar-refractivity contribution in [1.82, 2.24) is 24.9 Å². The van der Waals surface area contributed by atoms with Gasteiger partial charge in [-0.05, 0) is 119 Å². The fourth-order valence-corrected chi connectivity index (χ4v) is 7.28. The number of rotatable bonds is 7. The Kier molecular flexibility index (Phi) is 8.44. The second-order valence-corrected chi connectivity index (χ2v) is 13.4. The van der Waals surface area contributed by atoms with E-state index in [1.807, 2.05) is 60.7 Å². The van der Waals surface area contributed by atoms with E-state index in [1.54, 1.807) is 85.2 Å². The third-order valence-electron chi connectivity index (χ3n) is 9.98. The standard InChI is InChI=1S/C46H29N5O6/c52-44(53)29-7-1-25(2-8-29)40-32-13-15-34(48-32)41(26-3-9-30(10-4-26)45(54)55)36-17-19-38(50-36)43(28-21-23-47-24-22-28)39-20-18-37(51-39)42(35-16-14-33(40)49-35)27-5-11-31(12-6-27)46(56)57/h1-24,48,51H,(H,52,53)(H,54,55)(H,56,57). The summed E-state index contributed by atoms with van der Waals surface area (Å²) >= 11 is 0. The molecule has 6 heterocycles. The maximum Gasteiger partial charge on any atom is 0.335 e. The lowest BCUT2D eigenvalue weighted by Gasteiger charge is -2.07. The van der Waals surface area contributed by atoms with Crippen molar-refractivity contribution < 1.29 is 29.7 Å². The van der Waals surface area contributed by atoms with Crippen molar-refractivity contribution in [1.29, 1.82) is 0 Å². The summed E-state index contributed by atoms with van der Waals surface area (Å²) in [6, 6.07) is 31.5. The van der Waals surface area contributed by atoms with Gasteiger partial charge in [0, 0.05) is 56.7 Å². The molecule has 2 aliphatic rings. The van der Waals surface area contributed by atoms with Crippen LogP contribution in [0.3, 0.4) is 0 Å². The van der Waals surface area contributed by atoms with Crippen LogP contribution in [-0.4, -0.2) is 58.1 Å². The fraction of sp³-hybridized carbons (Fsp3) is 0. The van der Waals surface area contributed by atoms with Crippen LogP contribution in [0.2, 0.25) is 0 Å². The number of carboxylic acids is 3. The van der Waals surface area contributed by atoms with E-state index in [-0.39, 0.29) is 16.7 Å². The molecule has 7 aromatic rings. The molecule has 0 saturated heterocycles. The Morgan fingerprint density at radius 2 is 0.632 bits per heavy atom. The van der Waals surface area contributed by atoms with Crippen LogP contribution < -0.4 is 0 Å². The zero-order valence-corrected chi connectivity index (χ0v) is 29.8. The van der Waals surface area contributed by atoms with Crippen LogP contribution in [0, 0.1) is 0 Å². The van der Waals surface area contributed by atoms with E-state index in [9.17, 15) is 29.7 Å².